The van der Waals surface area contributed by atoms with Gasteiger partial charge in [0.2, 0.25) is 0 Å². The zero-order valence-electron chi connectivity index (χ0n) is 8.29. The molecule has 0 amide bonds. The first-order chi connectivity index (χ1) is 6.38. The van der Waals surface area contributed by atoms with Crippen LogP contribution in [0.25, 0.3) is 0 Å². The Morgan fingerprint density at radius 1 is 1.54 bits per heavy atom. The van der Waals surface area contributed by atoms with E-state index in [4.69, 9.17) is 0 Å². The zero-order chi connectivity index (χ0) is 9.52. The van der Waals surface area contributed by atoms with Crippen LogP contribution in [0.4, 0.5) is 0 Å². The Balaban J connectivity index is 0.00000169. The fourth-order valence-corrected chi connectivity index (χ4v) is 1.74. The highest BCUT2D eigenvalue weighted by atomic mass is 14.9. The monoisotopic (exact) mass is 180 g/mol. The lowest BCUT2D eigenvalue weighted by molar-refractivity contribution is 0.425. The highest BCUT2D eigenvalue weighted by Crippen LogP contribution is 2.22. The molecule has 0 spiro atoms. The number of allylic oxidation sites excluding steroid dienone is 3. The van der Waals surface area contributed by atoms with Gasteiger partial charge in [0, 0.05) is 7.63 Å². The summed E-state index contributed by atoms with van der Waals surface area (Å²) in [4.78, 5) is 3.85. The second-order valence-electron chi connectivity index (χ2n) is 3.34. The van der Waals surface area contributed by atoms with Crippen molar-refractivity contribution in [1.82, 2.24) is 5.32 Å². The third-order valence-corrected chi connectivity index (χ3v) is 2.41. The molecule has 74 valence electrons. The number of nitrogens with one attached hydrogen (secondary N) is 1. The summed E-state index contributed by atoms with van der Waals surface area (Å²) in [5.74, 6) is 0.669. The number of rotatable bonds is 3. The number of hydrogen-bond donors (Lipinski definition) is 1. The van der Waals surface area contributed by atoms with Gasteiger partial charge < -0.3 is 5.32 Å². The van der Waals surface area contributed by atoms with Gasteiger partial charge in [0.15, 0.2) is 0 Å². The lowest BCUT2D eigenvalue weighted by Crippen LogP contribution is -2.28. The van der Waals surface area contributed by atoms with Crippen molar-refractivity contribution in [2.24, 2.45) is 10.9 Å². The molecular formula is C11H20N2. The van der Waals surface area contributed by atoms with Crippen LogP contribution in [-0.2, 0) is 0 Å². The van der Waals surface area contributed by atoms with E-state index in [1.165, 1.54) is 18.4 Å². The minimum atomic E-state index is 0. The molecule has 0 radical (unpaired) electrons. The molecule has 1 rings (SSSR count). The Morgan fingerprint density at radius 3 is 2.77 bits per heavy atom. The Bertz CT molecular complexity index is 215. The fraction of sp³-hybridized carbons (Fsp3) is 0.545. The van der Waals surface area contributed by atoms with Gasteiger partial charge in [-0.2, -0.15) is 0 Å². The van der Waals surface area contributed by atoms with Crippen LogP contribution < -0.4 is 5.32 Å². The summed E-state index contributed by atoms with van der Waals surface area (Å²) in [5, 5.41) is 3.36. The average Bonchev–Trinajstić information content (AvgIpc) is 2.19. The van der Waals surface area contributed by atoms with E-state index in [0.29, 0.717) is 5.92 Å². The van der Waals surface area contributed by atoms with Crippen LogP contribution in [0.1, 0.15) is 21.2 Å². The third kappa shape index (κ3) is 3.15. The molecule has 1 fully saturated rings. The second kappa shape index (κ2) is 5.70. The summed E-state index contributed by atoms with van der Waals surface area (Å²) >= 11 is 0. The van der Waals surface area contributed by atoms with Crippen LogP contribution in [0.3, 0.4) is 0 Å². The molecule has 0 aromatic carbocycles. The molecule has 1 aliphatic heterocycles. The maximum absolute atomic E-state index is 3.85. The van der Waals surface area contributed by atoms with Gasteiger partial charge in [-0.1, -0.05) is 12.2 Å². The van der Waals surface area contributed by atoms with Gasteiger partial charge in [0.05, 0.1) is 0 Å². The average molecular weight is 180 g/mol. The highest BCUT2D eigenvalue weighted by molar-refractivity contribution is 5.30. The number of hydrogen-bond acceptors (Lipinski definition) is 2. The van der Waals surface area contributed by atoms with E-state index in [9.17, 15) is 0 Å². The molecule has 0 atom stereocenters. The SMILES string of the molecule is C=N/C=C(\C=C/C)C1CCNCC1.[HH]. The van der Waals surface area contributed by atoms with Gasteiger partial charge in [-0.05, 0) is 51.1 Å². The molecule has 13 heavy (non-hydrogen) atoms. The Kier molecular flexibility index (Phi) is 4.47. The molecular weight excluding hydrogens is 160 g/mol. The molecule has 2 heteroatoms. The summed E-state index contributed by atoms with van der Waals surface area (Å²) in [7, 11) is 0. The predicted molar refractivity (Wildman–Crippen MR) is 60.2 cm³/mol. The van der Waals surface area contributed by atoms with Crippen LogP contribution >= 0.6 is 0 Å². The van der Waals surface area contributed by atoms with Crippen LogP contribution in [-0.4, -0.2) is 19.8 Å². The van der Waals surface area contributed by atoms with Crippen LogP contribution in [0.5, 0.6) is 0 Å². The van der Waals surface area contributed by atoms with Crippen LogP contribution in [0, 0.1) is 5.92 Å². The van der Waals surface area contributed by atoms with Gasteiger partial charge in [-0.25, -0.2) is 0 Å². The molecule has 0 aliphatic carbocycles. The lowest BCUT2D eigenvalue weighted by Gasteiger charge is -2.23. The standard InChI is InChI=1S/C11H18N2.H2/c1-3-4-11(9-12-2)10-5-7-13-8-6-10;/h3-4,9-10,13H,2,5-8H2,1H3;1H/b4-3-,11-9+;. The molecule has 1 N–H and O–H groups in total. The van der Waals surface area contributed by atoms with Crippen molar-refractivity contribution in [2.75, 3.05) is 13.1 Å². The molecule has 1 aliphatic rings. The quantitative estimate of drug-likeness (QED) is 0.523. The predicted octanol–water partition coefficient (Wildman–Crippen LogP) is 2.39. The zero-order valence-corrected chi connectivity index (χ0v) is 8.29. The Hall–Kier alpha value is -0.890. The minimum Gasteiger partial charge on any atom is -0.317 e. The summed E-state index contributed by atoms with van der Waals surface area (Å²) < 4.78 is 0. The number of aliphatic imine (C=N–C) groups is 1. The lowest BCUT2D eigenvalue weighted by atomic mass is 9.90. The van der Waals surface area contributed by atoms with Crippen LogP contribution in [0.2, 0.25) is 0 Å². The third-order valence-electron chi connectivity index (χ3n) is 2.41. The largest absolute Gasteiger partial charge is 0.317 e. The maximum Gasteiger partial charge on any atom is 0.0295 e. The van der Waals surface area contributed by atoms with Crippen molar-refractivity contribution in [1.29, 1.82) is 0 Å². The molecule has 1 heterocycles. The molecule has 0 bridgehead atoms. The molecule has 2 nitrogen and oxygen atoms in total. The second-order valence-corrected chi connectivity index (χ2v) is 3.34. The van der Waals surface area contributed by atoms with Gasteiger partial charge in [-0.3, -0.25) is 4.99 Å². The Morgan fingerprint density at radius 2 is 2.23 bits per heavy atom. The first-order valence-electron chi connectivity index (χ1n) is 4.87. The first kappa shape index (κ1) is 10.2. The van der Waals surface area contributed by atoms with Crippen molar-refractivity contribution in [3.05, 3.63) is 23.9 Å². The van der Waals surface area contributed by atoms with E-state index >= 15 is 0 Å². The van der Waals surface area contributed by atoms with E-state index in [-0.39, 0.29) is 1.43 Å². The fourth-order valence-electron chi connectivity index (χ4n) is 1.74. The van der Waals surface area contributed by atoms with Gasteiger partial charge in [0.1, 0.15) is 0 Å². The van der Waals surface area contributed by atoms with E-state index in [0.717, 1.165) is 13.1 Å². The van der Waals surface area contributed by atoms with Crippen molar-refractivity contribution in [2.45, 2.75) is 19.8 Å². The van der Waals surface area contributed by atoms with E-state index in [2.05, 4.69) is 29.2 Å². The molecule has 0 unspecified atom stereocenters. The topological polar surface area (TPSA) is 24.4 Å². The van der Waals surface area contributed by atoms with Crippen molar-refractivity contribution in [3.8, 4) is 0 Å². The molecule has 1 saturated heterocycles. The summed E-state index contributed by atoms with van der Waals surface area (Å²) in [5.41, 5.74) is 1.32. The highest BCUT2D eigenvalue weighted by Gasteiger charge is 2.15. The number of nitrogens with zero attached hydrogens (tertiary/aromatic N) is 1. The van der Waals surface area contributed by atoms with Gasteiger partial charge in [0.25, 0.3) is 0 Å². The van der Waals surface area contributed by atoms with E-state index in [1.807, 2.05) is 13.1 Å². The van der Waals surface area contributed by atoms with Crippen molar-refractivity contribution in [3.63, 3.8) is 0 Å². The van der Waals surface area contributed by atoms with Crippen molar-refractivity contribution >= 4 is 6.72 Å². The van der Waals surface area contributed by atoms with Gasteiger partial charge >= 0.3 is 0 Å². The molecule has 0 aromatic heterocycles. The molecule has 0 aromatic rings. The summed E-state index contributed by atoms with van der Waals surface area (Å²) in [6, 6.07) is 0. The maximum atomic E-state index is 3.85. The smallest absolute Gasteiger partial charge is 0.0295 e. The minimum absolute atomic E-state index is 0. The molecule has 0 saturated carbocycles. The summed E-state index contributed by atoms with van der Waals surface area (Å²) in [6.45, 7) is 7.78. The normalized spacial score (nSPS) is 20.8. The first-order valence-corrected chi connectivity index (χ1v) is 4.87. The Labute approximate surface area is 81.9 Å². The number of piperidine rings is 1. The summed E-state index contributed by atoms with van der Waals surface area (Å²) in [6.07, 6.45) is 8.52. The van der Waals surface area contributed by atoms with Crippen molar-refractivity contribution < 1.29 is 1.43 Å². The van der Waals surface area contributed by atoms with E-state index in [1.54, 1.807) is 0 Å². The van der Waals surface area contributed by atoms with Crippen LogP contribution in [0.15, 0.2) is 28.9 Å². The van der Waals surface area contributed by atoms with Gasteiger partial charge in [-0.15, -0.1) is 0 Å². The van der Waals surface area contributed by atoms with E-state index < -0.39 is 0 Å².